The standard InChI is InChI=1S/C32H32F3N3O5/c1-19-27(21-13-9-16-26(42-5)28(21)35)29(39)38(31(41)37(19)17-22-23(33)14-10-15-24(22)34)18-25(20-11-7-6-8-12-20)36-30(40)43-32(2,3)4/h6-16,25H,17-18H2,1-5H3,(H,36,40)/t25-/m0/s1. The number of nitrogens with one attached hydrogen (secondary N) is 1. The minimum Gasteiger partial charge on any atom is -0.494 e. The van der Waals surface area contributed by atoms with Gasteiger partial charge < -0.3 is 14.8 Å². The van der Waals surface area contributed by atoms with E-state index in [0.717, 1.165) is 21.3 Å². The summed E-state index contributed by atoms with van der Waals surface area (Å²) < 4.78 is 57.3. The quantitative estimate of drug-likeness (QED) is 0.281. The third kappa shape index (κ3) is 6.82. The molecule has 1 N–H and O–H groups in total. The fraction of sp³-hybridized carbons (Fsp3) is 0.281. The van der Waals surface area contributed by atoms with Crippen LogP contribution in [0.1, 0.15) is 43.6 Å². The molecule has 226 valence electrons. The number of benzene rings is 3. The Labute approximate surface area is 246 Å². The van der Waals surface area contributed by atoms with E-state index in [-0.39, 0.29) is 22.6 Å². The highest BCUT2D eigenvalue weighted by atomic mass is 19.1. The first-order valence-corrected chi connectivity index (χ1v) is 13.5. The van der Waals surface area contributed by atoms with Crippen LogP contribution in [-0.4, -0.2) is 27.9 Å². The molecule has 0 saturated heterocycles. The molecule has 8 nitrogen and oxygen atoms in total. The maximum Gasteiger partial charge on any atom is 0.408 e. The number of nitrogens with zero attached hydrogens (tertiary/aromatic N) is 2. The van der Waals surface area contributed by atoms with E-state index < -0.39 is 65.1 Å². The number of ether oxygens (including phenoxy) is 2. The highest BCUT2D eigenvalue weighted by molar-refractivity contribution is 5.69. The van der Waals surface area contributed by atoms with Crippen molar-refractivity contribution in [3.05, 3.63) is 122 Å². The van der Waals surface area contributed by atoms with E-state index in [2.05, 4.69) is 5.32 Å². The lowest BCUT2D eigenvalue weighted by atomic mass is 10.0. The molecule has 43 heavy (non-hydrogen) atoms. The second kappa shape index (κ2) is 12.6. The number of carbonyl (C=O) groups is 1. The number of methoxy groups -OCH3 is 1. The average Bonchev–Trinajstić information content (AvgIpc) is 2.94. The van der Waals surface area contributed by atoms with Gasteiger partial charge in [-0.1, -0.05) is 48.5 Å². The summed E-state index contributed by atoms with van der Waals surface area (Å²) in [6.45, 7) is 5.46. The number of carbonyl (C=O) groups excluding carboxylic acids is 1. The average molecular weight is 596 g/mol. The van der Waals surface area contributed by atoms with Gasteiger partial charge in [0, 0.05) is 16.8 Å². The SMILES string of the molecule is COc1cccc(-c2c(C)n(Cc3c(F)cccc3F)c(=O)n(C[C@H](NC(=O)OC(C)(C)C)c3ccccc3)c2=O)c1F. The predicted molar refractivity (Wildman–Crippen MR) is 156 cm³/mol. The summed E-state index contributed by atoms with van der Waals surface area (Å²) in [5, 5.41) is 2.70. The van der Waals surface area contributed by atoms with E-state index in [4.69, 9.17) is 9.47 Å². The third-order valence-electron chi connectivity index (χ3n) is 6.78. The maximum atomic E-state index is 15.5. The molecule has 11 heteroatoms. The minimum atomic E-state index is -0.953. The Morgan fingerprint density at radius 3 is 2.14 bits per heavy atom. The molecule has 0 aliphatic carbocycles. The summed E-state index contributed by atoms with van der Waals surface area (Å²) >= 11 is 0. The van der Waals surface area contributed by atoms with Gasteiger partial charge in [0.1, 0.15) is 17.2 Å². The molecule has 0 radical (unpaired) electrons. The minimum absolute atomic E-state index is 0.0163. The van der Waals surface area contributed by atoms with Gasteiger partial charge in [-0.2, -0.15) is 0 Å². The topological polar surface area (TPSA) is 91.6 Å². The molecule has 1 aromatic heterocycles. The molecule has 1 amide bonds. The van der Waals surface area contributed by atoms with Crippen LogP contribution in [0.5, 0.6) is 5.75 Å². The van der Waals surface area contributed by atoms with Gasteiger partial charge in [-0.3, -0.25) is 13.9 Å². The molecule has 0 saturated carbocycles. The molecule has 0 bridgehead atoms. The molecule has 0 aliphatic rings. The van der Waals surface area contributed by atoms with Crippen LogP contribution in [0.3, 0.4) is 0 Å². The second-order valence-corrected chi connectivity index (χ2v) is 10.9. The molecular formula is C32H32F3N3O5. The Bertz CT molecular complexity index is 1740. The number of halogens is 3. The lowest BCUT2D eigenvalue weighted by Crippen LogP contribution is -2.46. The van der Waals surface area contributed by atoms with Crippen LogP contribution in [0.15, 0.2) is 76.3 Å². The Kier molecular flexibility index (Phi) is 9.13. The zero-order chi connectivity index (χ0) is 31.5. The number of amides is 1. The monoisotopic (exact) mass is 595 g/mol. The van der Waals surface area contributed by atoms with E-state index in [1.54, 1.807) is 51.1 Å². The van der Waals surface area contributed by atoms with Gasteiger partial charge in [-0.25, -0.2) is 22.8 Å². The van der Waals surface area contributed by atoms with Crippen molar-refractivity contribution < 1.29 is 27.4 Å². The predicted octanol–water partition coefficient (Wildman–Crippen LogP) is 5.73. The molecule has 0 fully saturated rings. The van der Waals surface area contributed by atoms with Crippen LogP contribution in [0.2, 0.25) is 0 Å². The number of rotatable bonds is 8. The van der Waals surface area contributed by atoms with Gasteiger partial charge in [0.15, 0.2) is 11.6 Å². The third-order valence-corrected chi connectivity index (χ3v) is 6.78. The molecule has 1 heterocycles. The molecule has 3 aromatic carbocycles. The zero-order valence-corrected chi connectivity index (χ0v) is 24.4. The van der Waals surface area contributed by atoms with Crippen LogP contribution in [0.25, 0.3) is 11.1 Å². The van der Waals surface area contributed by atoms with Crippen LogP contribution in [0, 0.1) is 24.4 Å². The van der Waals surface area contributed by atoms with Gasteiger partial charge in [0.05, 0.1) is 31.8 Å². The molecule has 0 aliphatic heterocycles. The van der Waals surface area contributed by atoms with Crippen LogP contribution in [0.4, 0.5) is 18.0 Å². The Balaban J connectivity index is 1.96. The number of aromatic nitrogens is 2. The van der Waals surface area contributed by atoms with Crippen LogP contribution >= 0.6 is 0 Å². The van der Waals surface area contributed by atoms with E-state index in [1.807, 2.05) is 0 Å². The largest absolute Gasteiger partial charge is 0.494 e. The molecule has 0 unspecified atom stereocenters. The maximum absolute atomic E-state index is 15.5. The summed E-state index contributed by atoms with van der Waals surface area (Å²) in [5.74, 6) is -2.79. The summed E-state index contributed by atoms with van der Waals surface area (Å²) in [4.78, 5) is 40.8. The first kappa shape index (κ1) is 31.1. The fourth-order valence-corrected chi connectivity index (χ4v) is 4.71. The first-order valence-electron chi connectivity index (χ1n) is 13.5. The van der Waals surface area contributed by atoms with Crippen molar-refractivity contribution in [2.45, 2.75) is 52.4 Å². The summed E-state index contributed by atoms with van der Waals surface area (Å²) in [6.07, 6.45) is -0.797. The molecule has 0 spiro atoms. The highest BCUT2D eigenvalue weighted by Gasteiger charge is 2.27. The van der Waals surface area contributed by atoms with Crippen molar-refractivity contribution in [3.8, 4) is 16.9 Å². The van der Waals surface area contributed by atoms with E-state index in [0.29, 0.717) is 5.56 Å². The van der Waals surface area contributed by atoms with Crippen molar-refractivity contribution in [1.82, 2.24) is 14.5 Å². The molecule has 4 rings (SSSR count). The van der Waals surface area contributed by atoms with E-state index in [9.17, 15) is 23.2 Å². The van der Waals surface area contributed by atoms with Crippen molar-refractivity contribution in [2.75, 3.05) is 7.11 Å². The van der Waals surface area contributed by atoms with Gasteiger partial charge in [0.2, 0.25) is 0 Å². The van der Waals surface area contributed by atoms with Crippen molar-refractivity contribution in [1.29, 1.82) is 0 Å². The number of hydrogen-bond donors (Lipinski definition) is 1. The summed E-state index contributed by atoms with van der Waals surface area (Å²) in [7, 11) is 1.27. The van der Waals surface area contributed by atoms with Gasteiger partial charge in [0.25, 0.3) is 5.56 Å². The lowest BCUT2D eigenvalue weighted by molar-refractivity contribution is 0.0497. The normalized spacial score (nSPS) is 12.1. The molecular weight excluding hydrogens is 563 g/mol. The smallest absolute Gasteiger partial charge is 0.408 e. The Hall–Kier alpha value is -4.80. The van der Waals surface area contributed by atoms with E-state index in [1.165, 1.54) is 38.3 Å². The summed E-state index contributed by atoms with van der Waals surface area (Å²) in [6, 6.07) is 15.1. The van der Waals surface area contributed by atoms with Crippen LogP contribution in [-0.2, 0) is 17.8 Å². The van der Waals surface area contributed by atoms with Gasteiger partial charge in [-0.05, 0) is 51.5 Å². The van der Waals surface area contributed by atoms with E-state index >= 15 is 4.39 Å². The van der Waals surface area contributed by atoms with Crippen molar-refractivity contribution >= 4 is 6.09 Å². The number of alkyl carbamates (subject to hydrolysis) is 1. The molecule has 1 atom stereocenters. The van der Waals surface area contributed by atoms with Crippen LogP contribution < -0.4 is 21.3 Å². The van der Waals surface area contributed by atoms with Crippen molar-refractivity contribution in [2.24, 2.45) is 0 Å². The molecule has 4 aromatic rings. The lowest BCUT2D eigenvalue weighted by Gasteiger charge is -2.25. The number of hydrogen-bond acceptors (Lipinski definition) is 5. The van der Waals surface area contributed by atoms with Crippen molar-refractivity contribution in [3.63, 3.8) is 0 Å². The van der Waals surface area contributed by atoms with Gasteiger partial charge >= 0.3 is 11.8 Å². The Morgan fingerprint density at radius 1 is 0.907 bits per heavy atom. The van der Waals surface area contributed by atoms with Gasteiger partial charge in [-0.15, -0.1) is 0 Å². The fourth-order valence-electron chi connectivity index (χ4n) is 4.71. The first-order chi connectivity index (χ1) is 20.3. The zero-order valence-electron chi connectivity index (χ0n) is 24.4. The Morgan fingerprint density at radius 2 is 1.53 bits per heavy atom. The second-order valence-electron chi connectivity index (χ2n) is 10.9. The summed E-state index contributed by atoms with van der Waals surface area (Å²) in [5.41, 5.74) is -2.89. The highest BCUT2D eigenvalue weighted by Crippen LogP contribution is 2.29.